The van der Waals surface area contributed by atoms with Gasteiger partial charge in [-0.25, -0.2) is 9.13 Å². The molecule has 0 aromatic carbocycles. The normalized spacial score (nSPS) is 19.8. The second kappa shape index (κ2) is 9.35. The van der Waals surface area contributed by atoms with E-state index in [4.69, 9.17) is 19.3 Å². The summed E-state index contributed by atoms with van der Waals surface area (Å²) in [6.07, 6.45) is 0.0781. The Bertz CT molecular complexity index is 371. The summed E-state index contributed by atoms with van der Waals surface area (Å²) in [6.45, 7) is 6.86. The molecule has 11 heteroatoms. The van der Waals surface area contributed by atoms with Gasteiger partial charge in [0.15, 0.2) is 6.29 Å². The monoisotopic (exact) mass is 350 g/mol. The third-order valence-electron chi connectivity index (χ3n) is 2.50. The molecule has 3 unspecified atom stereocenters. The molecule has 0 saturated heterocycles. The van der Waals surface area contributed by atoms with Gasteiger partial charge in [0.1, 0.15) is 6.61 Å². The van der Waals surface area contributed by atoms with Crippen LogP contribution in [-0.4, -0.2) is 39.8 Å². The van der Waals surface area contributed by atoms with E-state index in [0.29, 0.717) is 12.8 Å². The second-order valence-corrected chi connectivity index (χ2v) is 7.31. The summed E-state index contributed by atoms with van der Waals surface area (Å²) in [7, 11) is -10.0. The zero-order chi connectivity index (χ0) is 16.7. The Morgan fingerprint density at radius 1 is 0.952 bits per heavy atom. The van der Waals surface area contributed by atoms with E-state index < -0.39 is 28.5 Å². The van der Waals surface area contributed by atoms with Crippen LogP contribution in [0.25, 0.3) is 0 Å². The summed E-state index contributed by atoms with van der Waals surface area (Å²) in [5.74, 6) is 0. The number of phosphoric ester groups is 1. The van der Waals surface area contributed by atoms with E-state index in [9.17, 15) is 14.0 Å². The lowest BCUT2D eigenvalue weighted by Gasteiger charge is -2.25. The molecule has 3 atom stereocenters. The number of phosphoric acid groups is 2. The molecule has 21 heavy (non-hydrogen) atoms. The average Bonchev–Trinajstić information content (AvgIpc) is 2.32. The summed E-state index contributed by atoms with van der Waals surface area (Å²) in [6, 6.07) is 0. The lowest BCUT2D eigenvalue weighted by atomic mass is 10.3. The molecule has 0 aromatic heterocycles. The van der Waals surface area contributed by atoms with Gasteiger partial charge in [0.05, 0.1) is 12.2 Å². The Hall–Kier alpha value is 0.180. The Morgan fingerprint density at radius 3 is 1.71 bits per heavy atom. The van der Waals surface area contributed by atoms with Crippen molar-refractivity contribution in [1.29, 1.82) is 0 Å². The van der Waals surface area contributed by atoms with Crippen LogP contribution >= 0.6 is 15.6 Å². The Kier molecular flexibility index (Phi) is 9.43. The van der Waals surface area contributed by atoms with Crippen LogP contribution in [-0.2, 0) is 27.4 Å². The van der Waals surface area contributed by atoms with Crippen molar-refractivity contribution >= 4 is 15.6 Å². The van der Waals surface area contributed by atoms with Gasteiger partial charge in [-0.3, -0.25) is 4.52 Å². The minimum absolute atomic E-state index is 0.177. The zero-order valence-corrected chi connectivity index (χ0v) is 14.3. The number of ether oxygens (including phenoxy) is 2. The SMILES string of the molecule is CCC(C)OC(COP(=O)(O)OP(=O)(O)O)OC(C)CC. The van der Waals surface area contributed by atoms with E-state index >= 15 is 0 Å². The van der Waals surface area contributed by atoms with E-state index in [-0.39, 0.29) is 12.2 Å². The first-order valence-electron chi connectivity index (χ1n) is 6.54. The molecule has 0 radical (unpaired) electrons. The maximum atomic E-state index is 11.4. The first-order valence-corrected chi connectivity index (χ1v) is 9.56. The van der Waals surface area contributed by atoms with E-state index in [1.54, 1.807) is 13.8 Å². The first-order chi connectivity index (χ1) is 9.49. The molecule has 0 spiro atoms. The van der Waals surface area contributed by atoms with Gasteiger partial charge in [-0.15, -0.1) is 0 Å². The molecule has 0 heterocycles. The van der Waals surface area contributed by atoms with Crippen LogP contribution in [0, 0.1) is 0 Å². The quantitative estimate of drug-likeness (QED) is 0.379. The molecule has 0 rings (SSSR count). The Balaban J connectivity index is 4.58. The van der Waals surface area contributed by atoms with Gasteiger partial charge in [-0.1, -0.05) is 13.8 Å². The summed E-state index contributed by atoms with van der Waals surface area (Å²) >= 11 is 0. The zero-order valence-electron chi connectivity index (χ0n) is 12.5. The van der Waals surface area contributed by atoms with Gasteiger partial charge in [-0.2, -0.15) is 4.31 Å². The highest BCUT2D eigenvalue weighted by molar-refractivity contribution is 7.60. The Morgan fingerprint density at radius 2 is 1.38 bits per heavy atom. The van der Waals surface area contributed by atoms with Crippen LogP contribution in [0.1, 0.15) is 40.5 Å². The van der Waals surface area contributed by atoms with E-state index in [0.717, 1.165) is 0 Å². The molecule has 0 aliphatic carbocycles. The summed E-state index contributed by atoms with van der Waals surface area (Å²) in [4.78, 5) is 26.2. The minimum atomic E-state index is -5.13. The van der Waals surface area contributed by atoms with Crippen molar-refractivity contribution < 1.29 is 42.1 Å². The summed E-state index contributed by atoms with van der Waals surface area (Å²) in [5, 5.41) is 0. The van der Waals surface area contributed by atoms with Crippen molar-refractivity contribution in [3.05, 3.63) is 0 Å². The molecule has 0 saturated carbocycles. The molecular formula is C10H24O9P2. The predicted molar refractivity (Wildman–Crippen MR) is 74.4 cm³/mol. The third-order valence-corrected chi connectivity index (χ3v) is 4.65. The van der Waals surface area contributed by atoms with Gasteiger partial charge >= 0.3 is 15.6 Å². The van der Waals surface area contributed by atoms with Crippen molar-refractivity contribution in [2.75, 3.05) is 6.61 Å². The Labute approximate surface area is 124 Å². The maximum absolute atomic E-state index is 11.4. The molecule has 0 aliphatic heterocycles. The van der Waals surface area contributed by atoms with Crippen molar-refractivity contribution in [1.82, 2.24) is 0 Å². The standard InChI is InChI=1S/C10H24O9P2/c1-5-8(3)17-10(18-9(4)6-2)7-16-21(14,15)19-20(11,12)13/h8-10H,5-7H2,1-4H3,(H,14,15)(H2,11,12,13). The van der Waals surface area contributed by atoms with Gasteiger partial charge in [0.2, 0.25) is 0 Å². The second-order valence-electron chi connectivity index (χ2n) is 4.48. The minimum Gasteiger partial charge on any atom is -0.347 e. The third kappa shape index (κ3) is 11.4. The lowest BCUT2D eigenvalue weighted by Crippen LogP contribution is -2.30. The van der Waals surface area contributed by atoms with Crippen LogP contribution in [0.15, 0.2) is 0 Å². The van der Waals surface area contributed by atoms with Crippen LogP contribution in [0.4, 0.5) is 0 Å². The highest BCUT2D eigenvalue weighted by Gasteiger charge is 2.33. The largest absolute Gasteiger partial charge is 0.481 e. The molecule has 0 aliphatic rings. The van der Waals surface area contributed by atoms with Gasteiger partial charge in [0.25, 0.3) is 0 Å². The van der Waals surface area contributed by atoms with Crippen LogP contribution < -0.4 is 0 Å². The molecule has 0 amide bonds. The number of hydrogen-bond donors (Lipinski definition) is 3. The molecule has 9 nitrogen and oxygen atoms in total. The molecule has 3 N–H and O–H groups in total. The highest BCUT2D eigenvalue weighted by atomic mass is 31.3. The average molecular weight is 350 g/mol. The van der Waals surface area contributed by atoms with Crippen molar-refractivity contribution in [3.63, 3.8) is 0 Å². The highest BCUT2D eigenvalue weighted by Crippen LogP contribution is 2.57. The summed E-state index contributed by atoms with van der Waals surface area (Å²) < 4.78 is 41.0. The number of hydrogen-bond acceptors (Lipinski definition) is 6. The van der Waals surface area contributed by atoms with E-state index in [1.165, 1.54) is 0 Å². The molecule has 0 aromatic rings. The van der Waals surface area contributed by atoms with Crippen molar-refractivity contribution in [2.45, 2.75) is 59.0 Å². The van der Waals surface area contributed by atoms with Gasteiger partial charge < -0.3 is 24.2 Å². The molecular weight excluding hydrogens is 326 g/mol. The maximum Gasteiger partial charge on any atom is 0.481 e. The van der Waals surface area contributed by atoms with Crippen LogP contribution in [0.3, 0.4) is 0 Å². The van der Waals surface area contributed by atoms with Gasteiger partial charge in [0, 0.05) is 0 Å². The molecule has 0 fully saturated rings. The van der Waals surface area contributed by atoms with Crippen LogP contribution in [0.5, 0.6) is 0 Å². The number of rotatable bonds is 11. The lowest BCUT2D eigenvalue weighted by molar-refractivity contribution is -0.202. The fourth-order valence-corrected chi connectivity index (χ4v) is 2.71. The van der Waals surface area contributed by atoms with E-state index in [1.807, 2.05) is 13.8 Å². The van der Waals surface area contributed by atoms with Crippen LogP contribution in [0.2, 0.25) is 0 Å². The predicted octanol–water partition coefficient (Wildman–Crippen LogP) is 2.17. The van der Waals surface area contributed by atoms with Crippen molar-refractivity contribution in [3.8, 4) is 0 Å². The fourth-order valence-electron chi connectivity index (χ4n) is 1.13. The molecule has 128 valence electrons. The first kappa shape index (κ1) is 21.2. The molecule has 0 bridgehead atoms. The van der Waals surface area contributed by atoms with Gasteiger partial charge in [-0.05, 0) is 26.7 Å². The van der Waals surface area contributed by atoms with E-state index in [2.05, 4.69) is 8.83 Å². The summed E-state index contributed by atoms with van der Waals surface area (Å²) in [5.41, 5.74) is 0. The van der Waals surface area contributed by atoms with Crippen molar-refractivity contribution in [2.24, 2.45) is 0 Å². The fraction of sp³-hybridized carbons (Fsp3) is 1.00. The smallest absolute Gasteiger partial charge is 0.347 e. The topological polar surface area (TPSA) is 132 Å².